The average Bonchev–Trinajstić information content (AvgIpc) is 2.90. The lowest BCUT2D eigenvalue weighted by Gasteiger charge is -2.04. The van der Waals surface area contributed by atoms with Crippen molar-refractivity contribution in [3.05, 3.63) is 47.1 Å². The molecule has 0 fully saturated rings. The Labute approximate surface area is 123 Å². The summed E-state index contributed by atoms with van der Waals surface area (Å²) in [7, 11) is -1.58. The van der Waals surface area contributed by atoms with Gasteiger partial charge < -0.3 is 5.32 Å². The van der Waals surface area contributed by atoms with Gasteiger partial charge in [0.15, 0.2) is 0 Å². The molecule has 5 nitrogen and oxygen atoms in total. The van der Waals surface area contributed by atoms with Gasteiger partial charge >= 0.3 is 0 Å². The minimum absolute atomic E-state index is 0.346. The van der Waals surface area contributed by atoms with Gasteiger partial charge in [-0.25, -0.2) is 13.1 Å². The van der Waals surface area contributed by atoms with Crippen molar-refractivity contribution in [2.75, 3.05) is 13.6 Å². The van der Waals surface area contributed by atoms with Crippen LogP contribution in [0.25, 0.3) is 0 Å². The number of hydrogen-bond donors (Lipinski definition) is 2. The fraction of sp³-hybridized carbons (Fsp3) is 0.308. The molecule has 2 aromatic rings. The summed E-state index contributed by atoms with van der Waals surface area (Å²) in [6.45, 7) is 1.02. The van der Waals surface area contributed by atoms with Crippen molar-refractivity contribution in [3.63, 3.8) is 0 Å². The van der Waals surface area contributed by atoms with E-state index >= 15 is 0 Å². The van der Waals surface area contributed by atoms with Gasteiger partial charge in [-0.2, -0.15) is 0 Å². The number of aromatic nitrogens is 1. The molecule has 0 bridgehead atoms. The predicted octanol–water partition coefficient (Wildman–Crippen LogP) is 1.38. The van der Waals surface area contributed by atoms with Crippen molar-refractivity contribution >= 4 is 21.4 Å². The van der Waals surface area contributed by atoms with Gasteiger partial charge in [-0.3, -0.25) is 4.98 Å². The van der Waals surface area contributed by atoms with Crippen molar-refractivity contribution in [1.29, 1.82) is 0 Å². The van der Waals surface area contributed by atoms with Crippen LogP contribution >= 0.6 is 11.3 Å². The third kappa shape index (κ3) is 4.11. The van der Waals surface area contributed by atoms with Crippen molar-refractivity contribution in [3.8, 4) is 0 Å². The van der Waals surface area contributed by atoms with E-state index < -0.39 is 10.0 Å². The summed E-state index contributed by atoms with van der Waals surface area (Å²) in [5, 5.41) is 3.00. The van der Waals surface area contributed by atoms with Gasteiger partial charge in [0.05, 0.1) is 0 Å². The molecule has 0 aliphatic heterocycles. The van der Waals surface area contributed by atoms with E-state index in [0.29, 0.717) is 23.7 Å². The van der Waals surface area contributed by atoms with E-state index in [1.54, 1.807) is 12.3 Å². The average molecular weight is 311 g/mol. The quantitative estimate of drug-likeness (QED) is 0.810. The molecule has 108 valence electrons. The van der Waals surface area contributed by atoms with Crippen LogP contribution in [-0.2, 0) is 23.0 Å². The standard InChI is InChI=1S/C13H17N3O2S2/c1-14-10-12-5-6-13(19-12)20(17,18)16-9-7-11-4-2-3-8-15-11/h2-6,8,14,16H,7,9-10H2,1H3. The molecule has 0 spiro atoms. The lowest BCUT2D eigenvalue weighted by Crippen LogP contribution is -2.25. The predicted molar refractivity (Wildman–Crippen MR) is 80.2 cm³/mol. The molecule has 0 aliphatic rings. The summed E-state index contributed by atoms with van der Waals surface area (Å²) in [5.41, 5.74) is 0.872. The highest BCUT2D eigenvalue weighted by Gasteiger charge is 2.16. The summed E-state index contributed by atoms with van der Waals surface area (Å²) in [5.74, 6) is 0. The fourth-order valence-corrected chi connectivity index (χ4v) is 4.15. The lowest BCUT2D eigenvalue weighted by atomic mass is 10.3. The van der Waals surface area contributed by atoms with E-state index in [2.05, 4.69) is 15.0 Å². The molecule has 0 saturated heterocycles. The Bertz CT molecular complexity index is 639. The van der Waals surface area contributed by atoms with Crippen LogP contribution in [0.4, 0.5) is 0 Å². The van der Waals surface area contributed by atoms with Crippen LogP contribution in [-0.4, -0.2) is 27.0 Å². The van der Waals surface area contributed by atoms with Crippen LogP contribution in [0.5, 0.6) is 0 Å². The van der Waals surface area contributed by atoms with Gasteiger partial charge in [0.25, 0.3) is 0 Å². The van der Waals surface area contributed by atoms with E-state index in [9.17, 15) is 8.42 Å². The van der Waals surface area contributed by atoms with Crippen LogP contribution in [0.2, 0.25) is 0 Å². The van der Waals surface area contributed by atoms with Gasteiger partial charge in [-0.1, -0.05) is 6.07 Å². The second kappa shape index (κ2) is 6.94. The molecular weight excluding hydrogens is 294 g/mol. The first kappa shape index (κ1) is 15.1. The number of thiophene rings is 1. The molecule has 0 aromatic carbocycles. The number of hydrogen-bond acceptors (Lipinski definition) is 5. The second-order valence-corrected chi connectivity index (χ2v) is 7.38. The zero-order valence-electron chi connectivity index (χ0n) is 11.2. The van der Waals surface area contributed by atoms with Crippen molar-refractivity contribution in [1.82, 2.24) is 15.0 Å². The van der Waals surface area contributed by atoms with E-state index in [4.69, 9.17) is 0 Å². The summed E-state index contributed by atoms with van der Waals surface area (Å²) in [6, 6.07) is 9.07. The molecule has 0 radical (unpaired) electrons. The van der Waals surface area contributed by atoms with Gasteiger partial charge in [0.1, 0.15) is 4.21 Å². The first-order valence-corrected chi connectivity index (χ1v) is 8.54. The van der Waals surface area contributed by atoms with E-state index in [0.717, 1.165) is 10.6 Å². The zero-order chi connectivity index (χ0) is 14.4. The Kier molecular flexibility index (Phi) is 5.24. The smallest absolute Gasteiger partial charge is 0.250 e. The minimum atomic E-state index is -3.41. The second-order valence-electron chi connectivity index (χ2n) is 4.22. The third-order valence-corrected chi connectivity index (χ3v) is 5.69. The Balaban J connectivity index is 1.93. The summed E-state index contributed by atoms with van der Waals surface area (Å²) < 4.78 is 27.1. The SMILES string of the molecule is CNCc1ccc(S(=O)(=O)NCCc2ccccn2)s1. The summed E-state index contributed by atoms with van der Waals surface area (Å²) >= 11 is 1.28. The number of nitrogens with zero attached hydrogens (tertiary/aromatic N) is 1. The molecule has 0 saturated carbocycles. The number of nitrogens with one attached hydrogen (secondary N) is 2. The maximum Gasteiger partial charge on any atom is 0.250 e. The van der Waals surface area contributed by atoms with Gasteiger partial charge in [-0.05, 0) is 31.3 Å². The third-order valence-electron chi connectivity index (χ3n) is 2.65. The van der Waals surface area contributed by atoms with Crippen molar-refractivity contribution < 1.29 is 8.42 Å². The van der Waals surface area contributed by atoms with E-state index in [-0.39, 0.29) is 0 Å². The Morgan fingerprint density at radius 2 is 2.10 bits per heavy atom. The largest absolute Gasteiger partial charge is 0.315 e. The molecule has 2 aromatic heterocycles. The monoisotopic (exact) mass is 311 g/mol. The molecular formula is C13H17N3O2S2. The fourth-order valence-electron chi connectivity index (χ4n) is 1.70. The van der Waals surface area contributed by atoms with Crippen LogP contribution in [0.15, 0.2) is 40.7 Å². The molecule has 0 atom stereocenters. The van der Waals surface area contributed by atoms with Crippen LogP contribution < -0.4 is 10.0 Å². The minimum Gasteiger partial charge on any atom is -0.315 e. The molecule has 2 N–H and O–H groups in total. The van der Waals surface area contributed by atoms with Gasteiger partial charge in [0.2, 0.25) is 10.0 Å². The van der Waals surface area contributed by atoms with E-state index in [1.807, 2.05) is 31.3 Å². The van der Waals surface area contributed by atoms with Gasteiger partial charge in [0, 0.05) is 36.3 Å². The summed E-state index contributed by atoms with van der Waals surface area (Å²) in [6.07, 6.45) is 2.28. The van der Waals surface area contributed by atoms with Crippen molar-refractivity contribution in [2.45, 2.75) is 17.2 Å². The molecule has 0 unspecified atom stereocenters. The number of pyridine rings is 1. The summed E-state index contributed by atoms with van der Waals surface area (Å²) in [4.78, 5) is 5.16. The first-order chi connectivity index (χ1) is 9.62. The molecule has 20 heavy (non-hydrogen) atoms. The number of sulfonamides is 1. The van der Waals surface area contributed by atoms with Crippen LogP contribution in [0, 0.1) is 0 Å². The van der Waals surface area contributed by atoms with Crippen molar-refractivity contribution in [2.24, 2.45) is 0 Å². The molecule has 0 aliphatic carbocycles. The molecule has 2 heterocycles. The number of rotatable bonds is 7. The van der Waals surface area contributed by atoms with E-state index in [1.165, 1.54) is 11.3 Å². The highest BCUT2D eigenvalue weighted by Crippen LogP contribution is 2.21. The Morgan fingerprint density at radius 3 is 2.80 bits per heavy atom. The lowest BCUT2D eigenvalue weighted by molar-refractivity contribution is 0.583. The molecule has 2 rings (SSSR count). The first-order valence-electron chi connectivity index (χ1n) is 6.25. The highest BCUT2D eigenvalue weighted by atomic mass is 32.2. The maximum atomic E-state index is 12.1. The topological polar surface area (TPSA) is 71.1 Å². The molecule has 0 amide bonds. The molecule has 7 heteroatoms. The van der Waals surface area contributed by atoms with Gasteiger partial charge in [-0.15, -0.1) is 11.3 Å². The zero-order valence-corrected chi connectivity index (χ0v) is 12.8. The highest BCUT2D eigenvalue weighted by molar-refractivity contribution is 7.91. The normalized spacial score (nSPS) is 11.7. The van der Waals surface area contributed by atoms with Crippen LogP contribution in [0.1, 0.15) is 10.6 Å². The maximum absolute atomic E-state index is 12.1. The van der Waals surface area contributed by atoms with Crippen LogP contribution in [0.3, 0.4) is 0 Å². The Morgan fingerprint density at radius 1 is 1.25 bits per heavy atom. The Hall–Kier alpha value is -1.28.